The van der Waals surface area contributed by atoms with Gasteiger partial charge in [0.05, 0.1) is 0 Å². The zero-order chi connectivity index (χ0) is 16.1. The summed E-state index contributed by atoms with van der Waals surface area (Å²) < 4.78 is 11.2. The zero-order valence-corrected chi connectivity index (χ0v) is 14.0. The molecule has 0 bridgehead atoms. The minimum atomic E-state index is 0.279. The van der Waals surface area contributed by atoms with Crippen molar-refractivity contribution in [2.45, 2.75) is 31.4 Å². The summed E-state index contributed by atoms with van der Waals surface area (Å²) in [7, 11) is 0. The molecule has 4 nitrogen and oxygen atoms in total. The van der Waals surface area contributed by atoms with Crippen molar-refractivity contribution in [2.75, 3.05) is 0 Å². The van der Waals surface area contributed by atoms with E-state index >= 15 is 0 Å². The number of aromatic nitrogens is 2. The molecule has 0 aliphatic heterocycles. The molecular formula is C18H18N2O2S. The molecule has 3 aromatic rings. The predicted molar refractivity (Wildman–Crippen MR) is 90.5 cm³/mol. The highest BCUT2D eigenvalue weighted by atomic mass is 32.2. The Kier molecular flexibility index (Phi) is 4.98. The van der Waals surface area contributed by atoms with Gasteiger partial charge in [-0.1, -0.05) is 59.3 Å². The molecule has 1 aromatic heterocycles. The summed E-state index contributed by atoms with van der Waals surface area (Å²) in [5, 5.41) is 8.63. The lowest BCUT2D eigenvalue weighted by Crippen LogP contribution is -1.95. The summed E-state index contributed by atoms with van der Waals surface area (Å²) in [6.45, 7) is 4.40. The van der Waals surface area contributed by atoms with Crippen molar-refractivity contribution in [1.29, 1.82) is 0 Å². The van der Waals surface area contributed by atoms with Crippen LogP contribution in [-0.2, 0) is 12.4 Å². The van der Waals surface area contributed by atoms with Gasteiger partial charge in [0, 0.05) is 5.75 Å². The number of aryl methyl sites for hydroxylation is 2. The summed E-state index contributed by atoms with van der Waals surface area (Å²) in [6.07, 6.45) is 0. The first-order valence-corrected chi connectivity index (χ1v) is 8.38. The third-order valence-corrected chi connectivity index (χ3v) is 4.17. The van der Waals surface area contributed by atoms with Gasteiger partial charge in [-0.3, -0.25) is 0 Å². The summed E-state index contributed by atoms with van der Waals surface area (Å²) >= 11 is 1.53. The van der Waals surface area contributed by atoms with E-state index in [1.165, 1.54) is 28.5 Å². The van der Waals surface area contributed by atoms with E-state index in [0.29, 0.717) is 11.1 Å². The second kappa shape index (κ2) is 7.33. The number of rotatable bonds is 6. The Balaban J connectivity index is 1.52. The van der Waals surface area contributed by atoms with Crippen LogP contribution in [0, 0.1) is 13.8 Å². The molecule has 0 aliphatic carbocycles. The molecular weight excluding hydrogens is 308 g/mol. The van der Waals surface area contributed by atoms with Crippen LogP contribution < -0.4 is 4.74 Å². The molecule has 2 aromatic carbocycles. The van der Waals surface area contributed by atoms with E-state index in [-0.39, 0.29) is 6.61 Å². The molecule has 0 saturated heterocycles. The van der Waals surface area contributed by atoms with Crippen LogP contribution in [0.4, 0.5) is 0 Å². The van der Waals surface area contributed by atoms with Crippen molar-refractivity contribution in [1.82, 2.24) is 10.2 Å². The van der Waals surface area contributed by atoms with Crippen molar-refractivity contribution in [3.05, 3.63) is 71.1 Å². The molecule has 0 unspecified atom stereocenters. The van der Waals surface area contributed by atoms with Crippen LogP contribution in [0.25, 0.3) is 0 Å². The first kappa shape index (κ1) is 15.6. The Morgan fingerprint density at radius 1 is 1.00 bits per heavy atom. The minimum Gasteiger partial charge on any atom is -0.484 e. The van der Waals surface area contributed by atoms with Gasteiger partial charge < -0.3 is 9.15 Å². The normalized spacial score (nSPS) is 10.7. The monoisotopic (exact) mass is 326 g/mol. The van der Waals surface area contributed by atoms with Gasteiger partial charge in [0.25, 0.3) is 11.1 Å². The number of hydrogen-bond acceptors (Lipinski definition) is 5. The summed E-state index contributed by atoms with van der Waals surface area (Å²) in [4.78, 5) is 0. The van der Waals surface area contributed by atoms with Gasteiger partial charge in [0.1, 0.15) is 5.75 Å². The van der Waals surface area contributed by atoms with Crippen LogP contribution >= 0.6 is 11.8 Å². The van der Waals surface area contributed by atoms with E-state index in [2.05, 4.69) is 41.4 Å². The average molecular weight is 326 g/mol. The Morgan fingerprint density at radius 2 is 1.83 bits per heavy atom. The highest BCUT2D eigenvalue weighted by molar-refractivity contribution is 7.98. The van der Waals surface area contributed by atoms with Gasteiger partial charge in [0.2, 0.25) is 0 Å². The van der Waals surface area contributed by atoms with E-state index in [9.17, 15) is 0 Å². The van der Waals surface area contributed by atoms with Crippen LogP contribution in [0.15, 0.2) is 58.2 Å². The molecule has 5 heteroatoms. The smallest absolute Gasteiger partial charge is 0.277 e. The summed E-state index contributed by atoms with van der Waals surface area (Å²) in [5.74, 6) is 2.09. The molecule has 1 heterocycles. The number of benzene rings is 2. The van der Waals surface area contributed by atoms with E-state index in [1.807, 2.05) is 31.2 Å². The standard InChI is InChI=1S/C18H18N2O2S/c1-13-6-8-16(9-7-13)21-11-17-19-20-18(22-17)23-12-15-5-3-4-14(2)10-15/h3-10H,11-12H2,1-2H3. The lowest BCUT2D eigenvalue weighted by molar-refractivity contribution is 0.252. The third-order valence-electron chi connectivity index (χ3n) is 3.28. The van der Waals surface area contributed by atoms with Crippen LogP contribution in [0.1, 0.15) is 22.6 Å². The molecule has 0 aliphatic rings. The number of hydrogen-bond donors (Lipinski definition) is 0. The molecule has 23 heavy (non-hydrogen) atoms. The molecule has 0 N–H and O–H groups in total. The van der Waals surface area contributed by atoms with Crippen LogP contribution in [0.5, 0.6) is 5.75 Å². The summed E-state index contributed by atoms with van der Waals surface area (Å²) in [6, 6.07) is 16.3. The molecule has 118 valence electrons. The molecule has 0 spiro atoms. The SMILES string of the molecule is Cc1ccc(OCc2nnc(SCc3cccc(C)c3)o2)cc1. The van der Waals surface area contributed by atoms with Crippen LogP contribution in [-0.4, -0.2) is 10.2 Å². The van der Waals surface area contributed by atoms with Crippen molar-refractivity contribution < 1.29 is 9.15 Å². The highest BCUT2D eigenvalue weighted by Gasteiger charge is 2.08. The molecule has 0 saturated carbocycles. The van der Waals surface area contributed by atoms with Crippen molar-refractivity contribution in [2.24, 2.45) is 0 Å². The fraction of sp³-hybridized carbons (Fsp3) is 0.222. The van der Waals surface area contributed by atoms with E-state index in [0.717, 1.165) is 11.5 Å². The van der Waals surface area contributed by atoms with Gasteiger partial charge in [-0.15, -0.1) is 10.2 Å². The zero-order valence-electron chi connectivity index (χ0n) is 13.2. The van der Waals surface area contributed by atoms with Gasteiger partial charge in [-0.2, -0.15) is 0 Å². The van der Waals surface area contributed by atoms with Crippen molar-refractivity contribution in [3.8, 4) is 5.75 Å². The number of thioether (sulfide) groups is 1. The maximum Gasteiger partial charge on any atom is 0.277 e. The second-order valence-electron chi connectivity index (χ2n) is 5.34. The molecule has 0 amide bonds. The Hall–Kier alpha value is -2.27. The lowest BCUT2D eigenvalue weighted by Gasteiger charge is -2.03. The molecule has 0 radical (unpaired) electrons. The fourth-order valence-corrected chi connectivity index (χ4v) is 2.80. The van der Waals surface area contributed by atoms with Gasteiger partial charge >= 0.3 is 0 Å². The first-order chi connectivity index (χ1) is 11.2. The Bertz CT molecular complexity index is 769. The van der Waals surface area contributed by atoms with Crippen molar-refractivity contribution in [3.63, 3.8) is 0 Å². The predicted octanol–water partition coefficient (Wildman–Crippen LogP) is 4.56. The molecule has 0 atom stereocenters. The maximum absolute atomic E-state index is 5.63. The van der Waals surface area contributed by atoms with E-state index < -0.39 is 0 Å². The third kappa shape index (κ3) is 4.60. The molecule has 3 rings (SSSR count). The molecule has 0 fully saturated rings. The van der Waals surface area contributed by atoms with Gasteiger partial charge in [0.15, 0.2) is 6.61 Å². The average Bonchev–Trinajstić information content (AvgIpc) is 3.00. The van der Waals surface area contributed by atoms with Crippen LogP contribution in [0.3, 0.4) is 0 Å². The topological polar surface area (TPSA) is 48.2 Å². The highest BCUT2D eigenvalue weighted by Crippen LogP contribution is 2.22. The summed E-state index contributed by atoms with van der Waals surface area (Å²) in [5.41, 5.74) is 3.69. The number of ether oxygens (including phenoxy) is 1. The quantitative estimate of drug-likeness (QED) is 0.622. The van der Waals surface area contributed by atoms with E-state index in [1.54, 1.807) is 0 Å². The fourth-order valence-electron chi connectivity index (χ4n) is 2.08. The van der Waals surface area contributed by atoms with Gasteiger partial charge in [-0.05, 0) is 31.5 Å². The largest absolute Gasteiger partial charge is 0.484 e. The maximum atomic E-state index is 5.63. The van der Waals surface area contributed by atoms with Crippen molar-refractivity contribution >= 4 is 11.8 Å². The lowest BCUT2D eigenvalue weighted by atomic mass is 10.2. The Morgan fingerprint density at radius 3 is 2.61 bits per heavy atom. The van der Waals surface area contributed by atoms with E-state index in [4.69, 9.17) is 9.15 Å². The second-order valence-corrected chi connectivity index (χ2v) is 6.27. The van der Waals surface area contributed by atoms with Gasteiger partial charge in [-0.25, -0.2) is 0 Å². The number of nitrogens with zero attached hydrogens (tertiary/aromatic N) is 2. The first-order valence-electron chi connectivity index (χ1n) is 7.39. The van der Waals surface area contributed by atoms with Crippen LogP contribution in [0.2, 0.25) is 0 Å². The minimum absolute atomic E-state index is 0.279. The Labute approximate surface area is 139 Å².